The number of benzene rings is 2. The maximum atomic E-state index is 13.8. The lowest BCUT2D eigenvalue weighted by Gasteiger charge is -2.19. The molecule has 1 heterocycles. The van der Waals surface area contributed by atoms with E-state index in [4.69, 9.17) is 0 Å². The summed E-state index contributed by atoms with van der Waals surface area (Å²) in [7, 11) is 0. The van der Waals surface area contributed by atoms with Crippen molar-refractivity contribution in [2.45, 2.75) is 25.7 Å². The van der Waals surface area contributed by atoms with Crippen molar-refractivity contribution in [1.29, 1.82) is 0 Å². The zero-order valence-corrected chi connectivity index (χ0v) is 15.0. The Morgan fingerprint density at radius 2 is 1.52 bits per heavy atom. The zero-order chi connectivity index (χ0) is 18.9. The van der Waals surface area contributed by atoms with Crippen molar-refractivity contribution in [3.63, 3.8) is 0 Å². The van der Waals surface area contributed by atoms with Crippen molar-refractivity contribution in [3.05, 3.63) is 54.3 Å². The highest BCUT2D eigenvalue weighted by molar-refractivity contribution is 6.16. The predicted molar refractivity (Wildman–Crippen MR) is 103 cm³/mol. The van der Waals surface area contributed by atoms with Crippen LogP contribution in [0.1, 0.15) is 25.7 Å². The van der Waals surface area contributed by atoms with E-state index in [-0.39, 0.29) is 11.6 Å². The monoisotopic (exact) mass is 367 g/mol. The first kappa shape index (κ1) is 17.5. The minimum atomic E-state index is -1.12. The summed E-state index contributed by atoms with van der Waals surface area (Å²) in [6.45, 7) is 2.12. The molecule has 1 saturated carbocycles. The molecule has 1 aliphatic carbocycles. The van der Waals surface area contributed by atoms with Gasteiger partial charge in [0.2, 0.25) is 11.8 Å². The Hall–Kier alpha value is -2.89. The highest BCUT2D eigenvalue weighted by Gasteiger charge is 2.56. The summed E-state index contributed by atoms with van der Waals surface area (Å²) in [5.41, 5.74) is 0.781. The molecule has 2 aliphatic rings. The van der Waals surface area contributed by atoms with Crippen molar-refractivity contribution in [1.82, 2.24) is 0 Å². The van der Waals surface area contributed by atoms with E-state index in [1.165, 1.54) is 25.0 Å². The van der Waals surface area contributed by atoms with E-state index in [1.807, 2.05) is 24.3 Å². The standard InChI is InChI=1S/C21H22FN3O2/c22-17-5-1-2-6-18(17)24-20(27)21(11-12-21)19(26)23-15-7-9-16(10-8-15)25-13-3-4-14-25/h1-2,5-10H,3-4,11-14H2,(H,23,26)(H,24,27). The Labute approximate surface area is 157 Å². The fourth-order valence-corrected chi connectivity index (χ4v) is 3.47. The SMILES string of the molecule is O=C(Nc1ccc(N2CCCC2)cc1)C1(C(=O)Nc2ccccc2F)CC1. The van der Waals surface area contributed by atoms with Crippen molar-refractivity contribution in [2.24, 2.45) is 5.41 Å². The van der Waals surface area contributed by atoms with Crippen LogP contribution < -0.4 is 15.5 Å². The Morgan fingerprint density at radius 3 is 2.15 bits per heavy atom. The highest BCUT2D eigenvalue weighted by atomic mass is 19.1. The molecule has 140 valence electrons. The number of carbonyl (C=O) groups is 2. The van der Waals surface area contributed by atoms with Gasteiger partial charge in [0.1, 0.15) is 11.2 Å². The lowest BCUT2D eigenvalue weighted by Crippen LogP contribution is -2.35. The number of halogens is 1. The van der Waals surface area contributed by atoms with Gasteiger partial charge in [-0.15, -0.1) is 0 Å². The lowest BCUT2D eigenvalue weighted by atomic mass is 10.0. The Kier molecular flexibility index (Phi) is 4.56. The van der Waals surface area contributed by atoms with Gasteiger partial charge in [-0.1, -0.05) is 12.1 Å². The van der Waals surface area contributed by atoms with Gasteiger partial charge in [-0.3, -0.25) is 9.59 Å². The van der Waals surface area contributed by atoms with Gasteiger partial charge in [0, 0.05) is 24.5 Å². The summed E-state index contributed by atoms with van der Waals surface area (Å²) in [6.07, 6.45) is 3.34. The molecular formula is C21H22FN3O2. The van der Waals surface area contributed by atoms with E-state index in [0.29, 0.717) is 18.5 Å². The highest BCUT2D eigenvalue weighted by Crippen LogP contribution is 2.47. The summed E-state index contributed by atoms with van der Waals surface area (Å²) in [5.74, 6) is -1.32. The minimum absolute atomic E-state index is 0.0940. The zero-order valence-electron chi connectivity index (χ0n) is 15.0. The molecular weight excluding hydrogens is 345 g/mol. The molecule has 2 aromatic carbocycles. The smallest absolute Gasteiger partial charge is 0.240 e. The molecule has 2 fully saturated rings. The number of anilines is 3. The van der Waals surface area contributed by atoms with Crippen LogP contribution in [0, 0.1) is 11.2 Å². The van der Waals surface area contributed by atoms with Crippen molar-refractivity contribution >= 4 is 28.9 Å². The fraction of sp³-hybridized carbons (Fsp3) is 0.333. The first-order chi connectivity index (χ1) is 13.1. The quantitative estimate of drug-likeness (QED) is 0.791. The van der Waals surface area contributed by atoms with Gasteiger partial charge in [0.05, 0.1) is 5.69 Å². The van der Waals surface area contributed by atoms with Gasteiger partial charge < -0.3 is 15.5 Å². The van der Waals surface area contributed by atoms with Crippen LogP contribution in [0.5, 0.6) is 0 Å². The first-order valence-electron chi connectivity index (χ1n) is 9.31. The molecule has 1 aliphatic heterocycles. The average Bonchev–Trinajstić information content (AvgIpc) is 3.32. The van der Waals surface area contributed by atoms with Gasteiger partial charge in [-0.25, -0.2) is 4.39 Å². The number of hydrogen-bond acceptors (Lipinski definition) is 3. The second kappa shape index (κ2) is 7.02. The number of carbonyl (C=O) groups excluding carboxylic acids is 2. The Bertz CT molecular complexity index is 856. The van der Waals surface area contributed by atoms with Crippen molar-refractivity contribution in [3.8, 4) is 0 Å². The molecule has 0 atom stereocenters. The topological polar surface area (TPSA) is 61.4 Å². The first-order valence-corrected chi connectivity index (χ1v) is 9.31. The van der Waals surface area contributed by atoms with Gasteiger partial charge in [0.15, 0.2) is 0 Å². The van der Waals surface area contributed by atoms with Crippen LogP contribution in [0.25, 0.3) is 0 Å². The van der Waals surface area contributed by atoms with Crippen molar-refractivity contribution < 1.29 is 14.0 Å². The third-order valence-corrected chi connectivity index (χ3v) is 5.34. The second-order valence-corrected chi connectivity index (χ2v) is 7.21. The van der Waals surface area contributed by atoms with E-state index in [9.17, 15) is 14.0 Å². The largest absolute Gasteiger partial charge is 0.372 e. The van der Waals surface area contributed by atoms with E-state index >= 15 is 0 Å². The number of nitrogens with zero attached hydrogens (tertiary/aromatic N) is 1. The summed E-state index contributed by atoms with van der Waals surface area (Å²) in [5, 5.41) is 5.38. The molecule has 4 rings (SSSR count). The van der Waals surface area contributed by atoms with Crippen LogP contribution in [-0.2, 0) is 9.59 Å². The van der Waals surface area contributed by atoms with Gasteiger partial charge in [0.25, 0.3) is 0 Å². The molecule has 0 bridgehead atoms. The summed E-state index contributed by atoms with van der Waals surface area (Å²) in [6, 6.07) is 13.6. The molecule has 0 unspecified atom stereocenters. The van der Waals surface area contributed by atoms with Gasteiger partial charge >= 0.3 is 0 Å². The van der Waals surface area contributed by atoms with Gasteiger partial charge in [-0.2, -0.15) is 0 Å². The third-order valence-electron chi connectivity index (χ3n) is 5.34. The molecule has 2 amide bonds. The number of rotatable bonds is 5. The van der Waals surface area contributed by atoms with Crippen LogP contribution in [-0.4, -0.2) is 24.9 Å². The van der Waals surface area contributed by atoms with Crippen LogP contribution in [0.3, 0.4) is 0 Å². The normalized spacial score (nSPS) is 17.4. The van der Waals surface area contributed by atoms with E-state index in [0.717, 1.165) is 18.8 Å². The van der Waals surface area contributed by atoms with E-state index in [1.54, 1.807) is 12.1 Å². The molecule has 2 N–H and O–H groups in total. The second-order valence-electron chi connectivity index (χ2n) is 7.21. The molecule has 1 saturated heterocycles. The van der Waals surface area contributed by atoms with Crippen LogP contribution in [0.15, 0.2) is 48.5 Å². The molecule has 6 heteroatoms. The maximum absolute atomic E-state index is 13.8. The third kappa shape index (κ3) is 3.52. The minimum Gasteiger partial charge on any atom is -0.372 e. The average molecular weight is 367 g/mol. The molecule has 0 aromatic heterocycles. The summed E-state index contributed by atoms with van der Waals surface area (Å²) >= 11 is 0. The van der Waals surface area contributed by atoms with E-state index < -0.39 is 17.1 Å². The molecule has 27 heavy (non-hydrogen) atoms. The van der Waals surface area contributed by atoms with E-state index in [2.05, 4.69) is 15.5 Å². The number of hydrogen-bond donors (Lipinski definition) is 2. The predicted octanol–water partition coefficient (Wildman–Crippen LogP) is 3.78. The van der Waals surface area contributed by atoms with Crippen LogP contribution in [0.4, 0.5) is 21.5 Å². The molecule has 0 spiro atoms. The fourth-order valence-electron chi connectivity index (χ4n) is 3.47. The molecule has 0 radical (unpaired) electrons. The van der Waals surface area contributed by atoms with Crippen LogP contribution in [0.2, 0.25) is 0 Å². The molecule has 2 aromatic rings. The summed E-state index contributed by atoms with van der Waals surface area (Å²) < 4.78 is 13.8. The Balaban J connectivity index is 1.41. The lowest BCUT2D eigenvalue weighted by molar-refractivity contribution is -0.131. The number of nitrogens with one attached hydrogen (secondary N) is 2. The van der Waals surface area contributed by atoms with Gasteiger partial charge in [-0.05, 0) is 62.1 Å². The molecule has 5 nitrogen and oxygen atoms in total. The van der Waals surface area contributed by atoms with Crippen LogP contribution >= 0.6 is 0 Å². The Morgan fingerprint density at radius 1 is 0.889 bits per heavy atom. The summed E-state index contributed by atoms with van der Waals surface area (Å²) in [4.78, 5) is 27.6. The maximum Gasteiger partial charge on any atom is 0.240 e. The van der Waals surface area contributed by atoms with Crippen molar-refractivity contribution in [2.75, 3.05) is 28.6 Å². The number of para-hydroxylation sites is 1. The number of amides is 2.